The second kappa shape index (κ2) is 6.78. The quantitative estimate of drug-likeness (QED) is 0.762. The maximum Gasteiger partial charge on any atom is 0.271 e. The van der Waals surface area contributed by atoms with Crippen LogP contribution in [0.5, 0.6) is 0 Å². The first-order valence-corrected chi connectivity index (χ1v) is 9.66. The second-order valence-corrected chi connectivity index (χ2v) is 7.49. The van der Waals surface area contributed by atoms with Crippen molar-refractivity contribution in [3.8, 4) is 11.3 Å². The van der Waals surface area contributed by atoms with Gasteiger partial charge >= 0.3 is 0 Å². The number of thiazole rings is 1. The second-order valence-electron chi connectivity index (χ2n) is 6.22. The molecule has 0 saturated carbocycles. The molecule has 1 fully saturated rings. The van der Waals surface area contributed by atoms with Gasteiger partial charge < -0.3 is 10.2 Å². The average Bonchev–Trinajstić information content (AvgIpc) is 3.22. The van der Waals surface area contributed by atoms with E-state index in [1.54, 1.807) is 0 Å². The Bertz CT molecular complexity index is 902. The number of hydrogen-bond acceptors (Lipinski definition) is 4. The number of imidazole rings is 1. The SMILES string of the molecule is CC[C@H]1CN(C(=O)c2csc3nc(-c4ccc(Cl)cc4)cn23)CCN1. The van der Waals surface area contributed by atoms with Crippen LogP contribution in [0.3, 0.4) is 0 Å². The van der Waals surface area contributed by atoms with Crippen molar-refractivity contribution in [2.75, 3.05) is 19.6 Å². The van der Waals surface area contributed by atoms with Crippen LogP contribution in [0.15, 0.2) is 35.8 Å². The van der Waals surface area contributed by atoms with Gasteiger partial charge in [-0.05, 0) is 18.6 Å². The highest BCUT2D eigenvalue weighted by Crippen LogP contribution is 2.25. The Morgan fingerprint density at radius 2 is 2.20 bits per heavy atom. The first-order valence-electron chi connectivity index (χ1n) is 8.41. The highest BCUT2D eigenvalue weighted by Gasteiger charge is 2.25. The standard InChI is InChI=1S/C18H19ClN4OS/c1-2-14-9-22(8-7-20-14)17(24)16-11-25-18-21-15(10-23(16)18)12-3-5-13(19)6-4-12/h3-6,10-11,14,20H,2,7-9H2,1H3/t14-/m0/s1. The first kappa shape index (κ1) is 16.6. The fourth-order valence-corrected chi connectivity index (χ4v) is 4.12. The molecule has 1 atom stereocenters. The van der Waals surface area contributed by atoms with E-state index < -0.39 is 0 Å². The molecule has 1 aromatic carbocycles. The van der Waals surface area contributed by atoms with E-state index in [4.69, 9.17) is 11.6 Å². The zero-order chi connectivity index (χ0) is 17.4. The summed E-state index contributed by atoms with van der Waals surface area (Å²) in [6.45, 7) is 4.48. The molecule has 130 valence electrons. The number of nitrogens with zero attached hydrogens (tertiary/aromatic N) is 3. The van der Waals surface area contributed by atoms with Gasteiger partial charge in [0.25, 0.3) is 5.91 Å². The lowest BCUT2D eigenvalue weighted by molar-refractivity contribution is 0.0695. The number of aromatic nitrogens is 2. The molecule has 3 heterocycles. The summed E-state index contributed by atoms with van der Waals surface area (Å²) in [5.74, 6) is 0.0752. The minimum atomic E-state index is 0.0752. The zero-order valence-electron chi connectivity index (χ0n) is 13.9. The average molecular weight is 375 g/mol. The number of piperazine rings is 1. The summed E-state index contributed by atoms with van der Waals surface area (Å²) in [5.41, 5.74) is 2.53. The predicted octanol–water partition coefficient (Wildman–Crippen LogP) is 3.54. The Morgan fingerprint density at radius 3 is 2.96 bits per heavy atom. The van der Waals surface area contributed by atoms with Crippen molar-refractivity contribution in [1.82, 2.24) is 19.6 Å². The summed E-state index contributed by atoms with van der Waals surface area (Å²) < 4.78 is 1.90. The molecule has 25 heavy (non-hydrogen) atoms. The van der Waals surface area contributed by atoms with Crippen LogP contribution in [0, 0.1) is 0 Å². The van der Waals surface area contributed by atoms with E-state index in [0.717, 1.165) is 42.3 Å². The summed E-state index contributed by atoms with van der Waals surface area (Å²) in [6.07, 6.45) is 2.95. The zero-order valence-corrected chi connectivity index (χ0v) is 15.5. The largest absolute Gasteiger partial charge is 0.335 e. The van der Waals surface area contributed by atoms with E-state index in [-0.39, 0.29) is 5.91 Å². The topological polar surface area (TPSA) is 49.6 Å². The summed E-state index contributed by atoms with van der Waals surface area (Å²) in [4.78, 5) is 20.4. The Hall–Kier alpha value is -1.89. The van der Waals surface area contributed by atoms with E-state index in [1.807, 2.05) is 45.1 Å². The molecule has 0 radical (unpaired) electrons. The molecule has 0 aliphatic carbocycles. The third-order valence-electron chi connectivity index (χ3n) is 4.60. The van der Waals surface area contributed by atoms with Gasteiger partial charge in [0.1, 0.15) is 5.69 Å². The molecule has 1 N–H and O–H groups in total. The molecule has 3 aromatic rings. The normalized spacial score (nSPS) is 18.0. The summed E-state index contributed by atoms with van der Waals surface area (Å²) >= 11 is 7.45. The Labute approximate surface area is 155 Å². The molecule has 0 spiro atoms. The number of rotatable bonds is 3. The highest BCUT2D eigenvalue weighted by molar-refractivity contribution is 7.15. The molecular formula is C18H19ClN4OS. The van der Waals surface area contributed by atoms with Gasteiger partial charge in [-0.3, -0.25) is 9.20 Å². The molecule has 0 bridgehead atoms. The Kier molecular flexibility index (Phi) is 4.50. The minimum absolute atomic E-state index is 0.0752. The van der Waals surface area contributed by atoms with Gasteiger partial charge in [0.2, 0.25) is 0 Å². The van der Waals surface area contributed by atoms with E-state index in [2.05, 4.69) is 17.2 Å². The number of fused-ring (bicyclic) bond motifs is 1. The predicted molar refractivity (Wildman–Crippen MR) is 102 cm³/mol. The molecule has 7 heteroatoms. The molecule has 1 saturated heterocycles. The van der Waals surface area contributed by atoms with E-state index >= 15 is 0 Å². The Morgan fingerprint density at radius 1 is 1.40 bits per heavy atom. The summed E-state index contributed by atoms with van der Waals surface area (Å²) in [7, 11) is 0. The van der Waals surface area contributed by atoms with Crippen molar-refractivity contribution in [3.05, 3.63) is 46.6 Å². The van der Waals surface area contributed by atoms with Crippen molar-refractivity contribution in [2.45, 2.75) is 19.4 Å². The van der Waals surface area contributed by atoms with Crippen molar-refractivity contribution < 1.29 is 4.79 Å². The monoisotopic (exact) mass is 374 g/mol. The fourth-order valence-electron chi connectivity index (χ4n) is 3.14. The molecule has 4 rings (SSSR count). The lowest BCUT2D eigenvalue weighted by Crippen LogP contribution is -2.52. The van der Waals surface area contributed by atoms with Gasteiger partial charge in [0, 0.05) is 47.8 Å². The van der Waals surface area contributed by atoms with Gasteiger partial charge in [-0.2, -0.15) is 0 Å². The summed E-state index contributed by atoms with van der Waals surface area (Å²) in [5, 5.41) is 6.05. The van der Waals surface area contributed by atoms with Gasteiger partial charge in [0.15, 0.2) is 4.96 Å². The molecular weight excluding hydrogens is 356 g/mol. The number of carbonyl (C=O) groups is 1. The van der Waals surface area contributed by atoms with Crippen molar-refractivity contribution in [2.24, 2.45) is 0 Å². The third-order valence-corrected chi connectivity index (χ3v) is 5.70. The molecule has 1 aliphatic rings. The van der Waals surface area contributed by atoms with Crippen molar-refractivity contribution in [1.29, 1.82) is 0 Å². The maximum atomic E-state index is 13.0. The van der Waals surface area contributed by atoms with Crippen LogP contribution in [0.25, 0.3) is 16.2 Å². The van der Waals surface area contributed by atoms with E-state index in [1.165, 1.54) is 11.3 Å². The van der Waals surface area contributed by atoms with Crippen LogP contribution in [0.2, 0.25) is 5.02 Å². The van der Waals surface area contributed by atoms with E-state index in [9.17, 15) is 4.79 Å². The summed E-state index contributed by atoms with van der Waals surface area (Å²) in [6, 6.07) is 7.96. The first-order chi connectivity index (χ1) is 12.2. The third kappa shape index (κ3) is 3.17. The smallest absolute Gasteiger partial charge is 0.271 e. The highest BCUT2D eigenvalue weighted by atomic mass is 35.5. The van der Waals surface area contributed by atoms with Crippen LogP contribution in [-0.2, 0) is 0 Å². The van der Waals surface area contributed by atoms with Gasteiger partial charge in [-0.25, -0.2) is 4.98 Å². The van der Waals surface area contributed by atoms with Gasteiger partial charge in [-0.1, -0.05) is 30.7 Å². The van der Waals surface area contributed by atoms with Gasteiger partial charge in [0.05, 0.1) is 5.69 Å². The number of halogens is 1. The van der Waals surface area contributed by atoms with Crippen LogP contribution in [-0.4, -0.2) is 45.9 Å². The van der Waals surface area contributed by atoms with Crippen LogP contribution in [0.1, 0.15) is 23.8 Å². The lowest BCUT2D eigenvalue weighted by Gasteiger charge is -2.33. The van der Waals surface area contributed by atoms with Crippen molar-refractivity contribution in [3.63, 3.8) is 0 Å². The van der Waals surface area contributed by atoms with Crippen LogP contribution < -0.4 is 5.32 Å². The number of benzene rings is 1. The number of carbonyl (C=O) groups excluding carboxylic acids is 1. The maximum absolute atomic E-state index is 13.0. The fraction of sp³-hybridized carbons (Fsp3) is 0.333. The Balaban J connectivity index is 1.64. The van der Waals surface area contributed by atoms with Gasteiger partial charge in [-0.15, -0.1) is 11.3 Å². The molecule has 5 nitrogen and oxygen atoms in total. The number of hydrogen-bond donors (Lipinski definition) is 1. The minimum Gasteiger partial charge on any atom is -0.335 e. The lowest BCUT2D eigenvalue weighted by atomic mass is 10.1. The molecule has 1 amide bonds. The van der Waals surface area contributed by atoms with Crippen LogP contribution in [0.4, 0.5) is 0 Å². The van der Waals surface area contributed by atoms with Crippen molar-refractivity contribution >= 4 is 33.8 Å². The number of amides is 1. The molecule has 0 unspecified atom stereocenters. The molecule has 2 aromatic heterocycles. The van der Waals surface area contributed by atoms with E-state index in [0.29, 0.717) is 16.8 Å². The number of nitrogens with one attached hydrogen (secondary N) is 1. The van der Waals surface area contributed by atoms with Crippen LogP contribution >= 0.6 is 22.9 Å². The molecule has 1 aliphatic heterocycles.